The minimum absolute atomic E-state index is 0.117. The summed E-state index contributed by atoms with van der Waals surface area (Å²) in [5.74, 6) is 2.10. The minimum atomic E-state index is -0.117. The fourth-order valence-corrected chi connectivity index (χ4v) is 3.41. The molecule has 0 aliphatic carbocycles. The van der Waals surface area contributed by atoms with Gasteiger partial charge in [-0.15, -0.1) is 0 Å². The number of methoxy groups -OCH3 is 1. The lowest BCUT2D eigenvalue weighted by Gasteiger charge is -2.11. The summed E-state index contributed by atoms with van der Waals surface area (Å²) >= 11 is 0. The van der Waals surface area contributed by atoms with Crippen molar-refractivity contribution in [1.82, 2.24) is 14.5 Å². The van der Waals surface area contributed by atoms with E-state index in [4.69, 9.17) is 9.47 Å². The summed E-state index contributed by atoms with van der Waals surface area (Å²) in [5, 5.41) is 0. The maximum Gasteiger partial charge on any atom is 0.273 e. The second-order valence-corrected chi connectivity index (χ2v) is 7.64. The first-order valence-corrected chi connectivity index (χ1v) is 10.9. The number of hydrogen-bond acceptors (Lipinski definition) is 4. The van der Waals surface area contributed by atoms with Gasteiger partial charge in [0.2, 0.25) is 0 Å². The van der Waals surface area contributed by atoms with E-state index in [1.54, 1.807) is 25.3 Å². The van der Waals surface area contributed by atoms with E-state index in [-0.39, 0.29) is 5.91 Å². The number of ether oxygens (including phenoxy) is 2. The molecule has 0 aliphatic heterocycles. The predicted octanol–water partition coefficient (Wildman–Crippen LogP) is 5.22. The average Bonchev–Trinajstić information content (AvgIpc) is 3.33. The molecule has 0 saturated carbocycles. The minimum Gasteiger partial charge on any atom is -0.497 e. The highest BCUT2D eigenvalue weighted by Gasteiger charge is 2.19. The smallest absolute Gasteiger partial charge is 0.273 e. The number of hydrogen-bond donors (Lipinski definition) is 0. The van der Waals surface area contributed by atoms with Crippen LogP contribution in [-0.4, -0.2) is 41.1 Å². The zero-order valence-corrected chi connectivity index (χ0v) is 19.1. The summed E-state index contributed by atoms with van der Waals surface area (Å²) in [6.45, 7) is 3.05. The van der Waals surface area contributed by atoms with Crippen LogP contribution < -0.4 is 9.47 Å². The lowest BCUT2D eigenvalue weighted by atomic mass is 10.2. The van der Waals surface area contributed by atoms with Crippen molar-refractivity contribution in [3.8, 4) is 28.6 Å². The third-order valence-electron chi connectivity index (χ3n) is 5.46. The van der Waals surface area contributed by atoms with Crippen molar-refractivity contribution in [1.29, 1.82) is 0 Å². The highest BCUT2D eigenvalue weighted by molar-refractivity contribution is 5.92. The molecule has 0 fully saturated rings. The summed E-state index contributed by atoms with van der Waals surface area (Å²) in [4.78, 5) is 19.1. The van der Waals surface area contributed by atoms with Gasteiger partial charge < -0.3 is 14.4 Å². The van der Waals surface area contributed by atoms with E-state index in [1.165, 1.54) is 0 Å². The van der Waals surface area contributed by atoms with Gasteiger partial charge in [0.25, 0.3) is 5.91 Å². The van der Waals surface area contributed by atoms with Crippen LogP contribution >= 0.6 is 0 Å². The molecular weight excluding hydrogens is 414 g/mol. The van der Waals surface area contributed by atoms with Gasteiger partial charge in [-0.2, -0.15) is 0 Å². The van der Waals surface area contributed by atoms with Gasteiger partial charge in [-0.1, -0.05) is 30.3 Å². The van der Waals surface area contributed by atoms with E-state index in [2.05, 4.69) is 4.98 Å². The number of aromatic nitrogens is 2. The van der Waals surface area contributed by atoms with Gasteiger partial charge >= 0.3 is 0 Å². The largest absolute Gasteiger partial charge is 0.497 e. The van der Waals surface area contributed by atoms with E-state index < -0.39 is 0 Å². The molecule has 168 valence electrons. The molecule has 1 heterocycles. The van der Waals surface area contributed by atoms with E-state index in [0.717, 1.165) is 28.3 Å². The molecule has 0 atom stereocenters. The van der Waals surface area contributed by atoms with Crippen LogP contribution in [0.3, 0.4) is 0 Å². The topological polar surface area (TPSA) is 56.6 Å². The SMILES string of the molecule is CCN(C)C(=O)c1cn(-c2ccc(OCc3ccccc3)cc2)c(-c2ccc(OC)cc2)n1. The van der Waals surface area contributed by atoms with E-state index in [1.807, 2.05) is 90.4 Å². The van der Waals surface area contributed by atoms with E-state index in [9.17, 15) is 4.79 Å². The molecule has 0 N–H and O–H groups in total. The van der Waals surface area contributed by atoms with E-state index >= 15 is 0 Å². The number of imidazole rings is 1. The third kappa shape index (κ3) is 5.06. The summed E-state index contributed by atoms with van der Waals surface area (Å²) in [6.07, 6.45) is 1.79. The fourth-order valence-electron chi connectivity index (χ4n) is 3.41. The van der Waals surface area contributed by atoms with Gasteiger partial charge in [0.05, 0.1) is 7.11 Å². The Hall–Kier alpha value is -4.06. The normalized spacial score (nSPS) is 10.6. The molecule has 0 spiro atoms. The maximum atomic E-state index is 12.8. The maximum absolute atomic E-state index is 12.8. The first-order chi connectivity index (χ1) is 16.1. The number of nitrogens with zero attached hydrogens (tertiary/aromatic N) is 3. The predicted molar refractivity (Wildman–Crippen MR) is 129 cm³/mol. The molecule has 33 heavy (non-hydrogen) atoms. The lowest BCUT2D eigenvalue weighted by molar-refractivity contribution is 0.0797. The summed E-state index contributed by atoms with van der Waals surface area (Å²) in [5.41, 5.74) is 3.28. The second kappa shape index (κ2) is 10.0. The molecule has 0 saturated heterocycles. The molecule has 0 unspecified atom stereocenters. The zero-order chi connectivity index (χ0) is 23.2. The van der Waals surface area contributed by atoms with E-state index in [0.29, 0.717) is 24.7 Å². The number of benzene rings is 3. The Balaban J connectivity index is 1.64. The second-order valence-electron chi connectivity index (χ2n) is 7.64. The molecule has 3 aromatic carbocycles. The molecule has 1 aromatic heterocycles. The Labute approximate surface area is 194 Å². The van der Waals surface area contributed by atoms with Crippen LogP contribution in [-0.2, 0) is 6.61 Å². The quantitative estimate of drug-likeness (QED) is 0.376. The van der Waals surface area contributed by atoms with Crippen molar-refractivity contribution in [3.63, 3.8) is 0 Å². The highest BCUT2D eigenvalue weighted by atomic mass is 16.5. The molecule has 0 bridgehead atoms. The van der Waals surface area contributed by atoms with Crippen LogP contribution in [0, 0.1) is 0 Å². The Morgan fingerprint density at radius 2 is 1.61 bits per heavy atom. The summed E-state index contributed by atoms with van der Waals surface area (Å²) in [7, 11) is 3.40. The lowest BCUT2D eigenvalue weighted by Crippen LogP contribution is -2.26. The molecule has 0 radical (unpaired) electrons. The number of amides is 1. The van der Waals surface area contributed by atoms with Gasteiger partial charge in [-0.05, 0) is 61.0 Å². The first-order valence-electron chi connectivity index (χ1n) is 10.9. The number of carbonyl (C=O) groups excluding carboxylic acids is 1. The monoisotopic (exact) mass is 441 g/mol. The summed E-state index contributed by atoms with van der Waals surface area (Å²) in [6, 6.07) is 25.5. The fraction of sp³-hybridized carbons (Fsp3) is 0.185. The Morgan fingerprint density at radius 1 is 0.939 bits per heavy atom. The van der Waals surface area contributed by atoms with Gasteiger partial charge in [0, 0.05) is 31.0 Å². The standard InChI is InChI=1S/C27H27N3O3/c1-4-29(2)27(31)25-18-30(26(28-25)21-10-14-23(32-3)15-11-21)22-12-16-24(17-13-22)33-19-20-8-6-5-7-9-20/h5-18H,4,19H2,1-3H3. The van der Waals surface area contributed by atoms with Crippen molar-refractivity contribution < 1.29 is 14.3 Å². The van der Waals surface area contributed by atoms with Crippen LogP contribution in [0.4, 0.5) is 0 Å². The molecular formula is C27H27N3O3. The first kappa shape index (κ1) is 22.1. The van der Waals surface area contributed by atoms with Crippen molar-refractivity contribution in [2.75, 3.05) is 20.7 Å². The van der Waals surface area contributed by atoms with Crippen LogP contribution in [0.15, 0.2) is 85.1 Å². The van der Waals surface area contributed by atoms with Gasteiger partial charge in [-0.3, -0.25) is 9.36 Å². The van der Waals surface area contributed by atoms with Crippen LogP contribution in [0.1, 0.15) is 23.0 Å². The van der Waals surface area contributed by atoms with Gasteiger partial charge in [-0.25, -0.2) is 4.98 Å². The Bertz CT molecular complexity index is 1200. The number of rotatable bonds is 8. The van der Waals surface area contributed by atoms with Crippen LogP contribution in [0.5, 0.6) is 11.5 Å². The average molecular weight is 442 g/mol. The third-order valence-corrected chi connectivity index (χ3v) is 5.46. The van der Waals surface area contributed by atoms with Crippen molar-refractivity contribution in [2.45, 2.75) is 13.5 Å². The van der Waals surface area contributed by atoms with Crippen molar-refractivity contribution >= 4 is 5.91 Å². The Kier molecular flexibility index (Phi) is 6.74. The molecule has 1 amide bonds. The highest BCUT2D eigenvalue weighted by Crippen LogP contribution is 2.27. The van der Waals surface area contributed by atoms with Gasteiger partial charge in [0.15, 0.2) is 0 Å². The van der Waals surface area contributed by atoms with Crippen LogP contribution in [0.25, 0.3) is 17.1 Å². The Morgan fingerprint density at radius 3 is 2.24 bits per heavy atom. The van der Waals surface area contributed by atoms with Crippen molar-refractivity contribution in [2.24, 2.45) is 0 Å². The molecule has 6 nitrogen and oxygen atoms in total. The zero-order valence-electron chi connectivity index (χ0n) is 19.1. The van der Waals surface area contributed by atoms with Crippen LogP contribution in [0.2, 0.25) is 0 Å². The molecule has 6 heteroatoms. The molecule has 0 aliphatic rings. The van der Waals surface area contributed by atoms with Crippen molar-refractivity contribution in [3.05, 3.63) is 96.3 Å². The molecule has 4 aromatic rings. The van der Waals surface area contributed by atoms with Gasteiger partial charge in [0.1, 0.15) is 29.6 Å². The summed E-state index contributed by atoms with van der Waals surface area (Å²) < 4.78 is 13.1. The number of carbonyl (C=O) groups is 1. The molecule has 4 rings (SSSR count).